The van der Waals surface area contributed by atoms with Crippen molar-refractivity contribution in [2.45, 2.75) is 4.90 Å². The minimum absolute atomic E-state index is 0.0244. The molecule has 0 unspecified atom stereocenters. The number of hydrogen-bond donors (Lipinski definition) is 2. The normalized spacial score (nSPS) is 11.3. The van der Waals surface area contributed by atoms with E-state index in [4.69, 9.17) is 11.6 Å². The van der Waals surface area contributed by atoms with Crippen LogP contribution < -0.4 is 4.72 Å². The maximum absolute atomic E-state index is 12.4. The molecule has 0 radical (unpaired) electrons. The van der Waals surface area contributed by atoms with Crippen LogP contribution in [0, 0.1) is 0 Å². The molecule has 7 nitrogen and oxygen atoms in total. The number of aromatic carboxylic acids is 1. The molecule has 134 valence electrons. The Morgan fingerprint density at radius 3 is 2.42 bits per heavy atom. The molecule has 3 aromatic rings. The molecule has 0 saturated heterocycles. The van der Waals surface area contributed by atoms with Crippen molar-refractivity contribution in [2.24, 2.45) is 7.05 Å². The summed E-state index contributed by atoms with van der Waals surface area (Å²) in [6, 6.07) is 12.4. The number of nitrogens with one attached hydrogen (secondary N) is 1. The van der Waals surface area contributed by atoms with Crippen LogP contribution in [0.3, 0.4) is 0 Å². The lowest BCUT2D eigenvalue weighted by Crippen LogP contribution is -2.13. The van der Waals surface area contributed by atoms with Crippen LogP contribution >= 0.6 is 11.6 Å². The number of aryl methyl sites for hydroxylation is 1. The molecule has 0 aliphatic carbocycles. The van der Waals surface area contributed by atoms with Gasteiger partial charge < -0.3 is 5.11 Å². The molecule has 0 spiro atoms. The molecular formula is C17H14ClN3O4S. The average molecular weight is 392 g/mol. The number of nitrogens with zero attached hydrogens (tertiary/aromatic N) is 2. The highest BCUT2D eigenvalue weighted by atomic mass is 35.5. The Labute approximate surface area is 154 Å². The maximum Gasteiger partial charge on any atom is 0.339 e. The standard InChI is InChI=1S/C17H14ClN3O4S/c1-21-10-13(17(22)23)16(19-21)11-6-8-12(9-7-11)20-26(24,25)15-5-3-2-4-14(15)18/h2-10,20H,1H3,(H,22,23). The molecule has 0 fully saturated rings. The monoisotopic (exact) mass is 391 g/mol. The fraction of sp³-hybridized carbons (Fsp3) is 0.0588. The minimum atomic E-state index is -3.83. The number of sulfonamides is 1. The molecule has 1 heterocycles. The van der Waals surface area contributed by atoms with Gasteiger partial charge in [-0.1, -0.05) is 35.9 Å². The van der Waals surface area contributed by atoms with Gasteiger partial charge in [0.1, 0.15) is 16.2 Å². The Morgan fingerprint density at radius 1 is 1.15 bits per heavy atom. The van der Waals surface area contributed by atoms with Crippen LogP contribution in [0.5, 0.6) is 0 Å². The van der Waals surface area contributed by atoms with E-state index in [0.717, 1.165) is 0 Å². The fourth-order valence-electron chi connectivity index (χ4n) is 2.43. The van der Waals surface area contributed by atoms with Crippen molar-refractivity contribution in [1.82, 2.24) is 9.78 Å². The van der Waals surface area contributed by atoms with Crippen molar-refractivity contribution >= 4 is 33.3 Å². The fourth-order valence-corrected chi connectivity index (χ4v) is 4.01. The topological polar surface area (TPSA) is 101 Å². The number of aromatic nitrogens is 2. The van der Waals surface area contributed by atoms with Crippen LogP contribution in [0.15, 0.2) is 59.6 Å². The Hall–Kier alpha value is -2.84. The second-order valence-electron chi connectivity index (χ2n) is 5.48. The summed E-state index contributed by atoms with van der Waals surface area (Å²) in [6.45, 7) is 0. The van der Waals surface area contributed by atoms with E-state index in [1.807, 2.05) is 0 Å². The lowest BCUT2D eigenvalue weighted by atomic mass is 10.1. The van der Waals surface area contributed by atoms with Crippen LogP contribution in [0.1, 0.15) is 10.4 Å². The number of benzene rings is 2. The zero-order valence-electron chi connectivity index (χ0n) is 13.5. The molecule has 0 bridgehead atoms. The van der Waals surface area contributed by atoms with E-state index < -0.39 is 16.0 Å². The highest BCUT2D eigenvalue weighted by molar-refractivity contribution is 7.92. The Bertz CT molecular complexity index is 1080. The quantitative estimate of drug-likeness (QED) is 0.695. The highest BCUT2D eigenvalue weighted by Gasteiger charge is 2.19. The highest BCUT2D eigenvalue weighted by Crippen LogP contribution is 2.26. The smallest absolute Gasteiger partial charge is 0.339 e. The lowest BCUT2D eigenvalue weighted by molar-refractivity contribution is 0.0697. The van der Waals surface area contributed by atoms with Gasteiger partial charge in [-0.2, -0.15) is 5.10 Å². The predicted octanol–water partition coefficient (Wildman–Crippen LogP) is 3.24. The number of halogens is 1. The van der Waals surface area contributed by atoms with E-state index in [9.17, 15) is 18.3 Å². The summed E-state index contributed by atoms with van der Waals surface area (Å²) in [6.07, 6.45) is 1.41. The van der Waals surface area contributed by atoms with E-state index in [2.05, 4.69) is 9.82 Å². The summed E-state index contributed by atoms with van der Waals surface area (Å²) in [5.41, 5.74) is 1.25. The van der Waals surface area contributed by atoms with Crippen molar-refractivity contribution < 1.29 is 18.3 Å². The van der Waals surface area contributed by atoms with Gasteiger partial charge in [-0.25, -0.2) is 13.2 Å². The van der Waals surface area contributed by atoms with Gasteiger partial charge >= 0.3 is 5.97 Å². The van der Waals surface area contributed by atoms with E-state index >= 15 is 0 Å². The number of rotatable bonds is 5. The van der Waals surface area contributed by atoms with Gasteiger partial charge in [0.25, 0.3) is 10.0 Å². The predicted molar refractivity (Wildman–Crippen MR) is 97.9 cm³/mol. The van der Waals surface area contributed by atoms with E-state index in [-0.39, 0.29) is 15.5 Å². The van der Waals surface area contributed by atoms with Crippen molar-refractivity contribution in [2.75, 3.05) is 4.72 Å². The zero-order chi connectivity index (χ0) is 18.9. The first-order valence-corrected chi connectivity index (χ1v) is 9.29. The van der Waals surface area contributed by atoms with Crippen LogP contribution in [-0.2, 0) is 17.1 Å². The van der Waals surface area contributed by atoms with Gasteiger partial charge in [0, 0.05) is 24.5 Å². The third kappa shape index (κ3) is 3.56. The summed E-state index contributed by atoms with van der Waals surface area (Å²) in [5, 5.41) is 13.5. The van der Waals surface area contributed by atoms with Crippen molar-refractivity contribution in [3.05, 3.63) is 65.3 Å². The second kappa shape index (κ2) is 6.81. The van der Waals surface area contributed by atoms with Gasteiger partial charge in [-0.15, -0.1) is 0 Å². The second-order valence-corrected chi connectivity index (χ2v) is 7.54. The molecular weight excluding hydrogens is 378 g/mol. The van der Waals surface area contributed by atoms with E-state index in [1.54, 1.807) is 31.3 Å². The summed E-state index contributed by atoms with van der Waals surface area (Å²) in [5.74, 6) is -1.09. The van der Waals surface area contributed by atoms with Crippen LogP contribution in [0.25, 0.3) is 11.3 Å². The first-order valence-electron chi connectivity index (χ1n) is 7.42. The van der Waals surface area contributed by atoms with Gasteiger partial charge in [-0.3, -0.25) is 9.40 Å². The van der Waals surface area contributed by atoms with E-state index in [0.29, 0.717) is 16.9 Å². The SMILES string of the molecule is Cn1cc(C(=O)O)c(-c2ccc(NS(=O)(=O)c3ccccc3Cl)cc2)n1. The first kappa shape index (κ1) is 18.0. The van der Waals surface area contributed by atoms with Crippen molar-refractivity contribution in [3.63, 3.8) is 0 Å². The van der Waals surface area contributed by atoms with E-state index in [1.165, 1.54) is 35.1 Å². The van der Waals surface area contributed by atoms with Crippen molar-refractivity contribution in [1.29, 1.82) is 0 Å². The summed E-state index contributed by atoms with van der Waals surface area (Å²) < 4.78 is 28.7. The minimum Gasteiger partial charge on any atom is -0.478 e. The third-order valence-corrected chi connectivity index (χ3v) is 5.48. The molecule has 0 saturated carbocycles. The average Bonchev–Trinajstić information content (AvgIpc) is 2.97. The van der Waals surface area contributed by atoms with Gasteiger partial charge in [0.05, 0.1) is 5.02 Å². The summed E-state index contributed by atoms with van der Waals surface area (Å²) in [4.78, 5) is 11.3. The number of hydrogen-bond acceptors (Lipinski definition) is 4. The first-order chi connectivity index (χ1) is 12.3. The molecule has 26 heavy (non-hydrogen) atoms. The van der Waals surface area contributed by atoms with Crippen LogP contribution in [0.4, 0.5) is 5.69 Å². The van der Waals surface area contributed by atoms with Gasteiger partial charge in [0.15, 0.2) is 0 Å². The molecule has 0 aliphatic rings. The molecule has 3 rings (SSSR count). The molecule has 0 amide bonds. The van der Waals surface area contributed by atoms with Crippen LogP contribution in [0.2, 0.25) is 5.02 Å². The molecule has 0 atom stereocenters. The van der Waals surface area contributed by atoms with Crippen molar-refractivity contribution in [3.8, 4) is 11.3 Å². The third-order valence-electron chi connectivity index (χ3n) is 3.60. The Morgan fingerprint density at radius 2 is 1.81 bits per heavy atom. The Kier molecular flexibility index (Phi) is 4.71. The number of carboxylic acids is 1. The lowest BCUT2D eigenvalue weighted by Gasteiger charge is -2.10. The van der Waals surface area contributed by atoms with Gasteiger partial charge in [-0.05, 0) is 24.3 Å². The van der Waals surface area contributed by atoms with Crippen LogP contribution in [-0.4, -0.2) is 29.3 Å². The molecule has 2 N–H and O–H groups in total. The van der Waals surface area contributed by atoms with Gasteiger partial charge in [0.2, 0.25) is 0 Å². The maximum atomic E-state index is 12.4. The molecule has 9 heteroatoms. The summed E-state index contributed by atoms with van der Waals surface area (Å²) >= 11 is 5.94. The number of anilines is 1. The Balaban J connectivity index is 1.89. The zero-order valence-corrected chi connectivity index (χ0v) is 15.1. The molecule has 0 aliphatic heterocycles. The number of carboxylic acid groups (broad SMARTS) is 1. The molecule has 2 aromatic carbocycles. The number of carbonyl (C=O) groups is 1. The summed E-state index contributed by atoms with van der Waals surface area (Å²) in [7, 11) is -2.21. The largest absolute Gasteiger partial charge is 0.478 e. The molecule has 1 aromatic heterocycles.